The Hall–Kier alpha value is -2.41. The molecule has 3 rings (SSSR count). The van der Waals surface area contributed by atoms with Gasteiger partial charge in [0, 0.05) is 17.1 Å². The Morgan fingerprint density at radius 2 is 2.12 bits per heavy atom. The van der Waals surface area contributed by atoms with E-state index < -0.39 is 5.97 Å². The Morgan fingerprint density at radius 3 is 2.81 bits per heavy atom. The number of carbonyl (C=O) groups is 2. The van der Waals surface area contributed by atoms with Crippen LogP contribution in [0.15, 0.2) is 23.6 Å². The summed E-state index contributed by atoms with van der Waals surface area (Å²) >= 11 is 1.37. The Labute approximate surface area is 157 Å². The van der Waals surface area contributed by atoms with Crippen molar-refractivity contribution in [3.05, 3.63) is 45.4 Å². The maximum absolute atomic E-state index is 12.8. The van der Waals surface area contributed by atoms with Gasteiger partial charge in [0.1, 0.15) is 5.01 Å². The molecule has 1 N–H and O–H groups in total. The van der Waals surface area contributed by atoms with E-state index in [4.69, 9.17) is 4.74 Å². The Morgan fingerprint density at radius 1 is 1.35 bits per heavy atom. The highest BCUT2D eigenvalue weighted by Crippen LogP contribution is 2.30. The molecule has 0 atom stereocenters. The summed E-state index contributed by atoms with van der Waals surface area (Å²) in [7, 11) is 0. The van der Waals surface area contributed by atoms with Gasteiger partial charge in [0.2, 0.25) is 0 Å². The molecule has 1 saturated carbocycles. The van der Waals surface area contributed by atoms with Gasteiger partial charge in [-0.25, -0.2) is 14.6 Å². The molecule has 0 radical (unpaired) electrons. The number of hydrogen-bond donors (Lipinski definition) is 1. The second kappa shape index (κ2) is 7.86. The Bertz CT molecular complexity index is 814. The van der Waals surface area contributed by atoms with E-state index in [9.17, 15) is 9.59 Å². The molecule has 1 aromatic heterocycles. The summed E-state index contributed by atoms with van der Waals surface area (Å²) in [6, 6.07) is 5.97. The maximum atomic E-state index is 12.8. The molecule has 0 unspecified atom stereocenters. The number of thiazole rings is 1. The zero-order valence-electron chi connectivity index (χ0n) is 15.2. The largest absolute Gasteiger partial charge is 0.461 e. The van der Waals surface area contributed by atoms with Crippen LogP contribution in [0.3, 0.4) is 0 Å². The van der Waals surface area contributed by atoms with Crippen molar-refractivity contribution >= 4 is 29.0 Å². The maximum Gasteiger partial charge on any atom is 0.357 e. The van der Waals surface area contributed by atoms with Crippen LogP contribution in [-0.2, 0) is 11.3 Å². The lowest BCUT2D eigenvalue weighted by molar-refractivity contribution is 0.0520. The van der Waals surface area contributed by atoms with Crippen molar-refractivity contribution in [3.63, 3.8) is 0 Å². The molecular weight excluding hydrogens is 350 g/mol. The molecule has 1 aliphatic rings. The first-order valence-corrected chi connectivity index (χ1v) is 9.63. The fourth-order valence-corrected chi connectivity index (χ4v) is 3.42. The summed E-state index contributed by atoms with van der Waals surface area (Å²) in [5.41, 5.74) is 3.33. The number of nitrogens with one attached hydrogen (secondary N) is 1. The lowest BCUT2D eigenvalue weighted by Crippen LogP contribution is -2.36. The summed E-state index contributed by atoms with van der Waals surface area (Å²) < 4.78 is 4.97. The number of rotatable bonds is 6. The Balaban J connectivity index is 1.70. The molecule has 0 aliphatic heterocycles. The smallest absolute Gasteiger partial charge is 0.357 e. The van der Waals surface area contributed by atoms with E-state index in [-0.39, 0.29) is 12.1 Å². The summed E-state index contributed by atoms with van der Waals surface area (Å²) in [4.78, 5) is 30.7. The number of benzene rings is 1. The number of esters is 1. The van der Waals surface area contributed by atoms with E-state index in [1.54, 1.807) is 17.2 Å². The van der Waals surface area contributed by atoms with Crippen LogP contribution in [0, 0.1) is 13.8 Å². The molecule has 1 aliphatic carbocycles. The zero-order chi connectivity index (χ0) is 18.7. The number of hydrogen-bond acceptors (Lipinski definition) is 5. The highest BCUT2D eigenvalue weighted by Gasteiger charge is 2.33. The van der Waals surface area contributed by atoms with E-state index in [0.717, 1.165) is 34.7 Å². The second-order valence-electron chi connectivity index (χ2n) is 6.38. The van der Waals surface area contributed by atoms with Gasteiger partial charge in [-0.3, -0.25) is 0 Å². The number of amides is 2. The summed E-state index contributed by atoms with van der Waals surface area (Å²) in [6.45, 7) is 6.50. The monoisotopic (exact) mass is 373 g/mol. The van der Waals surface area contributed by atoms with Crippen LogP contribution in [0.5, 0.6) is 0 Å². The molecule has 1 fully saturated rings. The van der Waals surface area contributed by atoms with E-state index in [0.29, 0.717) is 18.8 Å². The van der Waals surface area contributed by atoms with Crippen LogP contribution in [-0.4, -0.2) is 34.5 Å². The molecular formula is C19H23N3O3S. The van der Waals surface area contributed by atoms with E-state index >= 15 is 0 Å². The molecule has 7 heteroatoms. The van der Waals surface area contributed by atoms with Gasteiger partial charge in [0.05, 0.1) is 13.2 Å². The molecule has 2 amide bonds. The number of aromatic nitrogens is 1. The van der Waals surface area contributed by atoms with Crippen LogP contribution < -0.4 is 5.32 Å². The lowest BCUT2D eigenvalue weighted by Gasteiger charge is -2.22. The van der Waals surface area contributed by atoms with Crippen molar-refractivity contribution < 1.29 is 14.3 Å². The van der Waals surface area contributed by atoms with Gasteiger partial charge in [-0.1, -0.05) is 12.1 Å². The zero-order valence-corrected chi connectivity index (χ0v) is 16.1. The van der Waals surface area contributed by atoms with Crippen molar-refractivity contribution in [2.45, 2.75) is 46.2 Å². The van der Waals surface area contributed by atoms with Gasteiger partial charge in [-0.15, -0.1) is 11.3 Å². The number of carbonyl (C=O) groups excluding carboxylic acids is 2. The van der Waals surface area contributed by atoms with Crippen molar-refractivity contribution in [2.75, 3.05) is 11.9 Å². The second-order valence-corrected chi connectivity index (χ2v) is 7.33. The van der Waals surface area contributed by atoms with E-state index in [1.807, 2.05) is 32.0 Å². The molecule has 1 aromatic carbocycles. The number of urea groups is 1. The van der Waals surface area contributed by atoms with Crippen LogP contribution >= 0.6 is 11.3 Å². The average molecular weight is 373 g/mol. The number of ether oxygens (including phenoxy) is 1. The predicted octanol–water partition coefficient (Wildman–Crippen LogP) is 4.13. The van der Waals surface area contributed by atoms with Gasteiger partial charge in [-0.05, 0) is 50.8 Å². The van der Waals surface area contributed by atoms with Crippen LogP contribution in [0.4, 0.5) is 10.5 Å². The molecule has 1 heterocycles. The lowest BCUT2D eigenvalue weighted by atomic mass is 10.1. The van der Waals surface area contributed by atoms with Crippen LogP contribution in [0.2, 0.25) is 0 Å². The standard InChI is InChI=1S/C19H23N3O3S/c1-4-25-18(23)16-11-26-17(20-16)10-22(14-8-9-14)19(24)21-15-7-5-6-12(2)13(15)3/h5-7,11,14H,4,8-10H2,1-3H3,(H,21,24). The van der Waals surface area contributed by atoms with Gasteiger partial charge in [-0.2, -0.15) is 0 Å². The minimum Gasteiger partial charge on any atom is -0.461 e. The predicted molar refractivity (Wildman–Crippen MR) is 102 cm³/mol. The van der Waals surface area contributed by atoms with Crippen molar-refractivity contribution in [2.24, 2.45) is 0 Å². The third-order valence-corrected chi connectivity index (χ3v) is 5.27. The summed E-state index contributed by atoms with van der Waals surface area (Å²) in [6.07, 6.45) is 1.99. The fraction of sp³-hybridized carbons (Fsp3) is 0.421. The molecule has 26 heavy (non-hydrogen) atoms. The molecule has 0 spiro atoms. The highest BCUT2D eigenvalue weighted by molar-refractivity contribution is 7.09. The van der Waals surface area contributed by atoms with Crippen molar-refractivity contribution in [1.82, 2.24) is 9.88 Å². The normalized spacial score (nSPS) is 13.3. The Kier molecular flexibility index (Phi) is 5.56. The molecule has 0 saturated heterocycles. The van der Waals surface area contributed by atoms with E-state index in [1.165, 1.54) is 11.3 Å². The first-order chi connectivity index (χ1) is 12.5. The first kappa shape index (κ1) is 18.4. The molecule has 2 aromatic rings. The minimum atomic E-state index is -0.423. The quantitative estimate of drug-likeness (QED) is 0.773. The van der Waals surface area contributed by atoms with Gasteiger partial charge in [0.25, 0.3) is 0 Å². The third kappa shape index (κ3) is 4.22. The topological polar surface area (TPSA) is 71.5 Å². The van der Waals surface area contributed by atoms with E-state index in [2.05, 4.69) is 10.3 Å². The first-order valence-electron chi connectivity index (χ1n) is 8.75. The number of nitrogens with zero attached hydrogens (tertiary/aromatic N) is 2. The molecule has 6 nitrogen and oxygen atoms in total. The molecule has 138 valence electrons. The highest BCUT2D eigenvalue weighted by atomic mass is 32.1. The number of anilines is 1. The van der Waals surface area contributed by atoms with Crippen molar-refractivity contribution in [3.8, 4) is 0 Å². The molecule has 0 bridgehead atoms. The SMILES string of the molecule is CCOC(=O)c1csc(CN(C(=O)Nc2cccc(C)c2C)C2CC2)n1. The summed E-state index contributed by atoms with van der Waals surface area (Å²) in [5.74, 6) is -0.423. The minimum absolute atomic E-state index is 0.130. The van der Waals surface area contributed by atoms with Crippen LogP contribution in [0.1, 0.15) is 46.4 Å². The summed E-state index contributed by atoms with van der Waals surface area (Å²) in [5, 5.41) is 5.43. The van der Waals surface area contributed by atoms with Gasteiger partial charge >= 0.3 is 12.0 Å². The van der Waals surface area contributed by atoms with Gasteiger partial charge < -0.3 is 15.0 Å². The van der Waals surface area contributed by atoms with Gasteiger partial charge in [0.15, 0.2) is 5.69 Å². The third-order valence-electron chi connectivity index (χ3n) is 4.44. The van der Waals surface area contributed by atoms with Crippen molar-refractivity contribution in [1.29, 1.82) is 0 Å². The average Bonchev–Trinajstić information content (AvgIpc) is 3.34. The van der Waals surface area contributed by atoms with Crippen LogP contribution in [0.25, 0.3) is 0 Å². The fourth-order valence-electron chi connectivity index (χ4n) is 2.65. The number of aryl methyl sites for hydroxylation is 1.